The van der Waals surface area contributed by atoms with Gasteiger partial charge in [-0.1, -0.05) is 78.9 Å². The van der Waals surface area contributed by atoms with Gasteiger partial charge in [0.2, 0.25) is 0 Å². The van der Waals surface area contributed by atoms with Gasteiger partial charge in [-0.15, -0.1) is 0 Å². The van der Waals surface area contributed by atoms with Crippen LogP contribution in [0.1, 0.15) is 5.56 Å². The van der Waals surface area contributed by atoms with Gasteiger partial charge in [0.15, 0.2) is 0 Å². The van der Waals surface area contributed by atoms with Gasteiger partial charge < -0.3 is 8.83 Å². The number of hydrogen-bond acceptors (Lipinski definition) is 3. The molecular formula is C37H21NO2. The Labute approximate surface area is 230 Å². The van der Waals surface area contributed by atoms with Crippen molar-refractivity contribution in [1.29, 1.82) is 5.26 Å². The molecular weight excluding hydrogens is 490 g/mol. The predicted octanol–water partition coefficient (Wildman–Crippen LogP) is 10.4. The first-order valence-electron chi connectivity index (χ1n) is 13.2. The van der Waals surface area contributed by atoms with Crippen molar-refractivity contribution in [2.75, 3.05) is 0 Å². The summed E-state index contributed by atoms with van der Waals surface area (Å²) in [6.07, 6.45) is 0. The van der Waals surface area contributed by atoms with Gasteiger partial charge in [0.25, 0.3) is 0 Å². The van der Waals surface area contributed by atoms with Gasteiger partial charge in [0, 0.05) is 27.1 Å². The second kappa shape index (κ2) is 8.73. The summed E-state index contributed by atoms with van der Waals surface area (Å²) in [5.74, 6) is 0. The minimum atomic E-state index is 0.642. The molecule has 0 aliphatic carbocycles. The van der Waals surface area contributed by atoms with Crippen molar-refractivity contribution in [1.82, 2.24) is 0 Å². The standard InChI is InChI=1S/C37H21NO2/c38-22-24-8-1-2-9-28(24)26-18-25(23-16-17-36-33(21-23)31-11-4-5-14-34(31)39-36)19-27(20-26)29-12-7-13-32-30-10-3-6-15-35(30)40-37(29)32/h1-21H. The van der Waals surface area contributed by atoms with Crippen LogP contribution in [0.15, 0.2) is 136 Å². The summed E-state index contributed by atoms with van der Waals surface area (Å²) in [5, 5.41) is 14.3. The van der Waals surface area contributed by atoms with Crippen LogP contribution >= 0.6 is 0 Å². The molecule has 186 valence electrons. The molecule has 8 aromatic rings. The molecule has 40 heavy (non-hydrogen) atoms. The molecule has 2 aromatic heterocycles. The molecule has 0 amide bonds. The van der Waals surface area contributed by atoms with E-state index in [9.17, 15) is 5.26 Å². The molecule has 0 radical (unpaired) electrons. The van der Waals surface area contributed by atoms with Gasteiger partial charge in [0.05, 0.1) is 11.6 Å². The minimum absolute atomic E-state index is 0.642. The third-order valence-electron chi connectivity index (χ3n) is 7.72. The zero-order valence-corrected chi connectivity index (χ0v) is 21.4. The molecule has 6 aromatic carbocycles. The van der Waals surface area contributed by atoms with E-state index in [4.69, 9.17) is 8.83 Å². The van der Waals surface area contributed by atoms with Crippen molar-refractivity contribution in [2.45, 2.75) is 0 Å². The van der Waals surface area contributed by atoms with Crippen LogP contribution in [0.2, 0.25) is 0 Å². The van der Waals surface area contributed by atoms with Crippen LogP contribution in [-0.2, 0) is 0 Å². The summed E-state index contributed by atoms with van der Waals surface area (Å²) in [6.45, 7) is 0. The highest BCUT2D eigenvalue weighted by molar-refractivity contribution is 6.10. The van der Waals surface area contributed by atoms with Crippen molar-refractivity contribution in [3.8, 4) is 39.4 Å². The third kappa shape index (κ3) is 3.44. The van der Waals surface area contributed by atoms with Crippen LogP contribution in [0.25, 0.3) is 77.3 Å². The Balaban J connectivity index is 1.41. The number of para-hydroxylation sites is 3. The molecule has 0 bridgehead atoms. The molecule has 0 N–H and O–H groups in total. The zero-order valence-electron chi connectivity index (χ0n) is 21.4. The second-order valence-corrected chi connectivity index (χ2v) is 10.0. The van der Waals surface area contributed by atoms with E-state index < -0.39 is 0 Å². The van der Waals surface area contributed by atoms with Crippen LogP contribution in [0.4, 0.5) is 0 Å². The van der Waals surface area contributed by atoms with Crippen LogP contribution in [0, 0.1) is 11.3 Å². The smallest absolute Gasteiger partial charge is 0.143 e. The maximum atomic E-state index is 9.89. The molecule has 0 unspecified atom stereocenters. The number of rotatable bonds is 3. The first-order chi connectivity index (χ1) is 19.8. The SMILES string of the molecule is N#Cc1ccccc1-c1cc(-c2ccc3oc4ccccc4c3c2)cc(-c2cccc3c2oc2ccccc23)c1. The lowest BCUT2D eigenvalue weighted by Gasteiger charge is -2.12. The fourth-order valence-corrected chi connectivity index (χ4v) is 5.82. The lowest BCUT2D eigenvalue weighted by Crippen LogP contribution is -1.89. The van der Waals surface area contributed by atoms with E-state index in [-0.39, 0.29) is 0 Å². The Morgan fingerprint density at radius 1 is 0.425 bits per heavy atom. The van der Waals surface area contributed by atoms with Gasteiger partial charge in [-0.3, -0.25) is 0 Å². The average Bonchev–Trinajstić information content (AvgIpc) is 3.59. The number of furan rings is 2. The van der Waals surface area contributed by atoms with Crippen molar-refractivity contribution < 1.29 is 8.83 Å². The first-order valence-corrected chi connectivity index (χ1v) is 13.2. The summed E-state index contributed by atoms with van der Waals surface area (Å²) in [7, 11) is 0. The van der Waals surface area contributed by atoms with E-state index in [0.29, 0.717) is 5.56 Å². The molecule has 0 aliphatic heterocycles. The molecule has 2 heterocycles. The van der Waals surface area contributed by atoms with Crippen molar-refractivity contribution in [3.05, 3.63) is 133 Å². The molecule has 0 saturated carbocycles. The number of fused-ring (bicyclic) bond motifs is 6. The fourth-order valence-electron chi connectivity index (χ4n) is 5.82. The molecule has 3 heteroatoms. The average molecular weight is 512 g/mol. The molecule has 3 nitrogen and oxygen atoms in total. The largest absolute Gasteiger partial charge is 0.456 e. The predicted molar refractivity (Wildman–Crippen MR) is 162 cm³/mol. The fraction of sp³-hybridized carbons (Fsp3) is 0. The second-order valence-electron chi connectivity index (χ2n) is 10.0. The maximum absolute atomic E-state index is 9.89. The lowest BCUT2D eigenvalue weighted by atomic mass is 9.91. The van der Waals surface area contributed by atoms with E-state index in [1.54, 1.807) is 0 Å². The summed E-state index contributed by atoms with van der Waals surface area (Å²) in [4.78, 5) is 0. The topological polar surface area (TPSA) is 50.1 Å². The van der Waals surface area contributed by atoms with E-state index in [2.05, 4.69) is 66.7 Å². The summed E-state index contributed by atoms with van der Waals surface area (Å²) in [5.41, 5.74) is 10.2. The van der Waals surface area contributed by atoms with Crippen molar-refractivity contribution >= 4 is 43.9 Å². The highest BCUT2D eigenvalue weighted by Crippen LogP contribution is 2.40. The number of nitrogens with zero attached hydrogens (tertiary/aromatic N) is 1. The minimum Gasteiger partial charge on any atom is -0.456 e. The van der Waals surface area contributed by atoms with Crippen molar-refractivity contribution in [2.24, 2.45) is 0 Å². The van der Waals surface area contributed by atoms with Crippen LogP contribution in [0.5, 0.6) is 0 Å². The highest BCUT2D eigenvalue weighted by Gasteiger charge is 2.16. The van der Waals surface area contributed by atoms with Gasteiger partial charge in [-0.25, -0.2) is 0 Å². The molecule has 8 rings (SSSR count). The Morgan fingerprint density at radius 2 is 1.02 bits per heavy atom. The number of nitriles is 1. The van der Waals surface area contributed by atoms with Crippen LogP contribution < -0.4 is 0 Å². The quantitative estimate of drug-likeness (QED) is 0.237. The Morgan fingerprint density at radius 3 is 1.85 bits per heavy atom. The van der Waals surface area contributed by atoms with Gasteiger partial charge in [-0.05, 0) is 76.3 Å². The molecule has 0 aliphatic rings. The molecule has 0 fully saturated rings. The van der Waals surface area contributed by atoms with E-state index in [1.807, 2.05) is 66.7 Å². The van der Waals surface area contributed by atoms with Crippen LogP contribution in [0.3, 0.4) is 0 Å². The molecule has 0 atom stereocenters. The van der Waals surface area contributed by atoms with Gasteiger partial charge >= 0.3 is 0 Å². The van der Waals surface area contributed by atoms with E-state index in [1.165, 1.54) is 0 Å². The summed E-state index contributed by atoms with van der Waals surface area (Å²) in [6, 6.07) is 45.6. The third-order valence-corrected chi connectivity index (χ3v) is 7.72. The zero-order chi connectivity index (χ0) is 26.6. The van der Waals surface area contributed by atoms with E-state index in [0.717, 1.165) is 77.3 Å². The van der Waals surface area contributed by atoms with Crippen LogP contribution in [-0.4, -0.2) is 0 Å². The Bertz CT molecular complexity index is 2290. The van der Waals surface area contributed by atoms with E-state index >= 15 is 0 Å². The monoisotopic (exact) mass is 511 g/mol. The normalized spacial score (nSPS) is 11.5. The van der Waals surface area contributed by atoms with Crippen molar-refractivity contribution in [3.63, 3.8) is 0 Å². The number of benzene rings is 6. The Kier molecular flexibility index (Phi) is 4.89. The van der Waals surface area contributed by atoms with Gasteiger partial charge in [0.1, 0.15) is 22.3 Å². The maximum Gasteiger partial charge on any atom is 0.143 e. The first kappa shape index (κ1) is 22.4. The lowest BCUT2D eigenvalue weighted by molar-refractivity contribution is 0.669. The summed E-state index contributed by atoms with van der Waals surface area (Å²) < 4.78 is 12.5. The summed E-state index contributed by atoms with van der Waals surface area (Å²) >= 11 is 0. The highest BCUT2D eigenvalue weighted by atomic mass is 16.3. The Hall–Kier alpha value is -5.59. The molecule has 0 spiro atoms. The number of hydrogen-bond donors (Lipinski definition) is 0. The molecule has 0 saturated heterocycles. The van der Waals surface area contributed by atoms with Gasteiger partial charge in [-0.2, -0.15) is 5.26 Å².